The summed E-state index contributed by atoms with van der Waals surface area (Å²) in [6.07, 6.45) is -12.6. The Balaban J connectivity index is 1.92. The van der Waals surface area contributed by atoms with Crippen LogP contribution in [-0.2, 0) is 27.2 Å². The summed E-state index contributed by atoms with van der Waals surface area (Å²) in [4.78, 5) is -0.0118. The molecule has 1 fully saturated rings. The summed E-state index contributed by atoms with van der Waals surface area (Å²) in [6, 6.07) is 5.16. The molecular weight excluding hydrogens is 461 g/mol. The van der Waals surface area contributed by atoms with Gasteiger partial charge in [0.15, 0.2) is 9.84 Å². The Bertz CT molecular complexity index is 1040. The molecule has 3 rings (SSSR count). The highest BCUT2D eigenvalue weighted by molar-refractivity contribution is 7.90. The van der Waals surface area contributed by atoms with Gasteiger partial charge in [0.05, 0.1) is 17.1 Å². The van der Waals surface area contributed by atoms with Gasteiger partial charge in [-0.25, -0.2) is 8.42 Å². The fourth-order valence-electron chi connectivity index (χ4n) is 3.18. The summed E-state index contributed by atoms with van der Waals surface area (Å²) in [5.74, 6) is -0.589. The van der Waals surface area contributed by atoms with Gasteiger partial charge in [0.2, 0.25) is 12.2 Å². The Morgan fingerprint density at radius 1 is 1.12 bits per heavy atom. The lowest BCUT2D eigenvalue weighted by atomic mass is 9.99. The van der Waals surface area contributed by atoms with E-state index in [1.54, 1.807) is 0 Å². The normalized spacial score (nSPS) is 26.8. The van der Waals surface area contributed by atoms with E-state index in [0.29, 0.717) is 5.56 Å². The number of nitrogens with one attached hydrogen (secondary N) is 1. The smallest absolute Gasteiger partial charge is 0.433 e. The minimum atomic E-state index is -4.84. The predicted molar refractivity (Wildman–Crippen MR) is 100 cm³/mol. The van der Waals surface area contributed by atoms with E-state index in [2.05, 4.69) is 5.10 Å². The number of nitrogens with zero attached hydrogens (tertiary/aromatic N) is 1. The van der Waals surface area contributed by atoms with Crippen molar-refractivity contribution in [2.75, 3.05) is 12.9 Å². The number of benzene rings is 1. The first-order valence-corrected chi connectivity index (χ1v) is 11.1. The van der Waals surface area contributed by atoms with Crippen LogP contribution < -0.4 is 4.74 Å². The van der Waals surface area contributed by atoms with Gasteiger partial charge < -0.3 is 29.9 Å². The van der Waals surface area contributed by atoms with Gasteiger partial charge in [0.1, 0.15) is 30.1 Å². The van der Waals surface area contributed by atoms with Crippen molar-refractivity contribution in [2.24, 2.45) is 0 Å². The second-order valence-corrected chi connectivity index (χ2v) is 9.30. The zero-order valence-electron chi connectivity index (χ0n) is 16.5. The monoisotopic (exact) mass is 482 g/mol. The van der Waals surface area contributed by atoms with Crippen LogP contribution in [-0.4, -0.2) is 82.6 Å². The van der Waals surface area contributed by atoms with Crippen LogP contribution in [0.2, 0.25) is 0 Å². The largest absolute Gasteiger partial charge is 0.443 e. The lowest BCUT2D eigenvalue weighted by molar-refractivity contribution is -0.278. The number of aromatic amines is 1. The van der Waals surface area contributed by atoms with Crippen LogP contribution in [0.25, 0.3) is 0 Å². The molecule has 1 saturated heterocycles. The number of aromatic nitrogens is 2. The lowest BCUT2D eigenvalue weighted by Gasteiger charge is -2.39. The van der Waals surface area contributed by atoms with Gasteiger partial charge in [0.25, 0.3) is 0 Å². The van der Waals surface area contributed by atoms with Crippen molar-refractivity contribution in [3.63, 3.8) is 0 Å². The molecule has 10 nitrogen and oxygen atoms in total. The van der Waals surface area contributed by atoms with Gasteiger partial charge >= 0.3 is 6.18 Å². The highest BCUT2D eigenvalue weighted by Crippen LogP contribution is 2.36. The number of ether oxygens (including phenoxy) is 2. The van der Waals surface area contributed by atoms with Crippen LogP contribution in [0, 0.1) is 0 Å². The number of aliphatic hydroxyl groups excluding tert-OH is 4. The second kappa shape index (κ2) is 8.96. The predicted octanol–water partition coefficient (Wildman–Crippen LogP) is -0.399. The van der Waals surface area contributed by atoms with Crippen molar-refractivity contribution in [2.45, 2.75) is 48.2 Å². The molecule has 32 heavy (non-hydrogen) atoms. The Labute approximate surface area is 180 Å². The van der Waals surface area contributed by atoms with Gasteiger partial charge in [-0.1, -0.05) is 12.1 Å². The fourth-order valence-corrected chi connectivity index (χ4v) is 3.81. The molecule has 2 aromatic rings. The van der Waals surface area contributed by atoms with E-state index < -0.39 is 70.5 Å². The van der Waals surface area contributed by atoms with Gasteiger partial charge in [0, 0.05) is 12.7 Å². The molecule has 0 amide bonds. The number of alkyl halides is 3. The third-order valence-electron chi connectivity index (χ3n) is 4.92. The number of halogens is 3. The summed E-state index contributed by atoms with van der Waals surface area (Å²) in [7, 11) is -3.50. The first kappa shape index (κ1) is 24.4. The van der Waals surface area contributed by atoms with Crippen LogP contribution in [0.5, 0.6) is 5.88 Å². The summed E-state index contributed by atoms with van der Waals surface area (Å²) in [5, 5.41) is 44.3. The molecule has 5 atom stereocenters. The van der Waals surface area contributed by atoms with E-state index in [1.807, 2.05) is 5.10 Å². The van der Waals surface area contributed by atoms with E-state index in [9.17, 15) is 42.0 Å². The molecule has 178 valence electrons. The van der Waals surface area contributed by atoms with E-state index in [-0.39, 0.29) is 11.3 Å². The Hall–Kier alpha value is -2.23. The number of hydrogen-bond acceptors (Lipinski definition) is 9. The number of rotatable bonds is 6. The molecule has 14 heteroatoms. The SMILES string of the molecule is CS(=O)(=O)c1ccc(Cc2c(O[C@@H]3O[C@H](CO)[C@@H](O)[C@H](O)[C@H]3O)n[nH]c2C(F)(F)F)cc1. The van der Waals surface area contributed by atoms with Gasteiger partial charge in [-0.2, -0.15) is 13.2 Å². The topological polar surface area (TPSA) is 162 Å². The molecule has 0 aliphatic carbocycles. The number of hydrogen-bond donors (Lipinski definition) is 5. The van der Waals surface area contributed by atoms with Crippen molar-refractivity contribution in [1.82, 2.24) is 10.2 Å². The van der Waals surface area contributed by atoms with Gasteiger partial charge in [-0.3, -0.25) is 5.10 Å². The third-order valence-corrected chi connectivity index (χ3v) is 6.05. The van der Waals surface area contributed by atoms with Crippen molar-refractivity contribution >= 4 is 9.84 Å². The van der Waals surface area contributed by atoms with Crippen LogP contribution >= 0.6 is 0 Å². The molecule has 0 radical (unpaired) electrons. The molecule has 1 aromatic carbocycles. The molecule has 0 saturated carbocycles. The summed E-state index contributed by atoms with van der Waals surface area (Å²) < 4.78 is 74.0. The second-order valence-electron chi connectivity index (χ2n) is 7.29. The summed E-state index contributed by atoms with van der Waals surface area (Å²) >= 11 is 0. The van der Waals surface area contributed by atoms with Gasteiger partial charge in [-0.15, -0.1) is 5.10 Å². The minimum Gasteiger partial charge on any atom is -0.443 e. The van der Waals surface area contributed by atoms with Crippen molar-refractivity contribution in [3.8, 4) is 5.88 Å². The van der Waals surface area contributed by atoms with Gasteiger partial charge in [-0.05, 0) is 17.7 Å². The zero-order chi connectivity index (χ0) is 23.8. The van der Waals surface area contributed by atoms with Crippen LogP contribution in [0.3, 0.4) is 0 Å². The fraction of sp³-hybridized carbons (Fsp3) is 0.500. The molecule has 0 unspecified atom stereocenters. The standard InChI is InChI=1S/C18H21F3N2O8S/c1-32(28,29)9-4-2-8(3-5-9)6-10-15(18(19,20)21)22-23-16(10)31-17-14(27)13(26)12(25)11(7-24)30-17/h2-5,11-14,17,24-27H,6-7H2,1H3,(H,22,23)/t11-,12-,13+,14-,17+/m1/s1. The molecule has 2 heterocycles. The molecular formula is C18H21F3N2O8S. The van der Waals surface area contributed by atoms with Crippen LogP contribution in [0.15, 0.2) is 29.2 Å². The number of aliphatic hydroxyl groups is 4. The van der Waals surface area contributed by atoms with E-state index in [4.69, 9.17) is 9.47 Å². The van der Waals surface area contributed by atoms with E-state index in [0.717, 1.165) is 6.26 Å². The first-order chi connectivity index (χ1) is 14.8. The Morgan fingerprint density at radius 2 is 1.75 bits per heavy atom. The van der Waals surface area contributed by atoms with E-state index in [1.165, 1.54) is 24.3 Å². The maximum atomic E-state index is 13.5. The molecule has 5 N–H and O–H groups in total. The summed E-state index contributed by atoms with van der Waals surface area (Å²) in [6.45, 7) is -0.751. The highest BCUT2D eigenvalue weighted by atomic mass is 32.2. The zero-order valence-corrected chi connectivity index (χ0v) is 17.3. The quantitative estimate of drug-likeness (QED) is 0.369. The van der Waals surface area contributed by atoms with Crippen LogP contribution in [0.4, 0.5) is 13.2 Å². The summed E-state index contributed by atoms with van der Waals surface area (Å²) in [5.41, 5.74) is -1.38. The molecule has 0 bridgehead atoms. The van der Waals surface area contributed by atoms with Crippen molar-refractivity contribution < 1.29 is 51.5 Å². The maximum Gasteiger partial charge on any atom is 0.433 e. The van der Waals surface area contributed by atoms with Crippen molar-refractivity contribution in [1.29, 1.82) is 0 Å². The van der Waals surface area contributed by atoms with E-state index >= 15 is 0 Å². The first-order valence-electron chi connectivity index (χ1n) is 9.23. The van der Waals surface area contributed by atoms with Crippen LogP contribution in [0.1, 0.15) is 16.8 Å². The molecule has 1 aromatic heterocycles. The third kappa shape index (κ3) is 5.05. The average Bonchev–Trinajstić information content (AvgIpc) is 3.10. The van der Waals surface area contributed by atoms with Crippen molar-refractivity contribution in [3.05, 3.63) is 41.1 Å². The number of H-pyrrole nitrogens is 1. The minimum absolute atomic E-state index is 0.0118. The molecule has 1 aliphatic heterocycles. The maximum absolute atomic E-state index is 13.5. The molecule has 1 aliphatic rings. The Kier molecular flexibility index (Phi) is 6.83. The molecule has 0 spiro atoms. The highest BCUT2D eigenvalue weighted by Gasteiger charge is 2.46. The lowest BCUT2D eigenvalue weighted by Crippen LogP contribution is -2.60. The number of sulfone groups is 1. The Morgan fingerprint density at radius 3 is 2.28 bits per heavy atom. The average molecular weight is 482 g/mol.